The summed E-state index contributed by atoms with van der Waals surface area (Å²) in [5.41, 5.74) is 3.14. The molecule has 0 spiro atoms. The molecule has 2 amide bonds. The minimum atomic E-state index is -0.234. The number of hydrogen-bond donors (Lipinski definition) is 2. The van der Waals surface area contributed by atoms with Gasteiger partial charge in [0.15, 0.2) is 16.6 Å². The van der Waals surface area contributed by atoms with Crippen molar-refractivity contribution in [3.63, 3.8) is 0 Å². The molecule has 0 saturated carbocycles. The molecule has 2 N–H and O–H groups in total. The molecule has 2 aromatic carbocycles. The lowest BCUT2D eigenvalue weighted by Gasteiger charge is -2.03. The van der Waals surface area contributed by atoms with E-state index in [2.05, 4.69) is 20.6 Å². The van der Waals surface area contributed by atoms with E-state index in [4.69, 9.17) is 4.42 Å². The second-order valence-corrected chi connectivity index (χ2v) is 6.96. The number of aryl methyl sites for hydroxylation is 1. The smallest absolute Gasteiger partial charge is 0.257 e. The topological polar surface area (TPSA) is 97.1 Å². The van der Waals surface area contributed by atoms with E-state index in [1.165, 1.54) is 11.3 Å². The van der Waals surface area contributed by atoms with Gasteiger partial charge in [0.1, 0.15) is 5.52 Å². The number of oxazole rings is 1. The number of carbonyl (C=O) groups is 2. The lowest BCUT2D eigenvalue weighted by Crippen LogP contribution is -2.15. The van der Waals surface area contributed by atoms with Gasteiger partial charge < -0.3 is 9.73 Å². The van der Waals surface area contributed by atoms with Crippen LogP contribution in [0.2, 0.25) is 0 Å². The Morgan fingerprint density at radius 2 is 1.89 bits per heavy atom. The maximum absolute atomic E-state index is 12.3. The maximum atomic E-state index is 12.3. The van der Waals surface area contributed by atoms with Crippen LogP contribution in [0.1, 0.15) is 21.9 Å². The van der Waals surface area contributed by atoms with Gasteiger partial charge in [0.2, 0.25) is 5.91 Å². The van der Waals surface area contributed by atoms with E-state index in [-0.39, 0.29) is 18.2 Å². The van der Waals surface area contributed by atoms with Crippen molar-refractivity contribution < 1.29 is 14.0 Å². The van der Waals surface area contributed by atoms with Crippen molar-refractivity contribution in [2.75, 3.05) is 10.6 Å². The summed E-state index contributed by atoms with van der Waals surface area (Å²) in [5, 5.41) is 7.78. The molecular formula is C20H16N4O3S. The molecule has 0 radical (unpaired) electrons. The highest BCUT2D eigenvalue weighted by Gasteiger charge is 2.12. The average Bonchev–Trinajstić information content (AvgIpc) is 3.27. The van der Waals surface area contributed by atoms with Crippen molar-refractivity contribution in [1.29, 1.82) is 0 Å². The van der Waals surface area contributed by atoms with Gasteiger partial charge in [-0.05, 0) is 30.3 Å². The Kier molecular flexibility index (Phi) is 4.86. The van der Waals surface area contributed by atoms with Crippen molar-refractivity contribution in [1.82, 2.24) is 9.97 Å². The Balaban J connectivity index is 1.37. The molecule has 2 aromatic heterocycles. The number of hydrogen-bond acceptors (Lipinski definition) is 6. The molecule has 0 aliphatic carbocycles. The zero-order valence-corrected chi connectivity index (χ0v) is 15.7. The molecular weight excluding hydrogens is 376 g/mol. The van der Waals surface area contributed by atoms with E-state index in [0.717, 1.165) is 0 Å². The van der Waals surface area contributed by atoms with Crippen molar-refractivity contribution in [2.45, 2.75) is 13.3 Å². The van der Waals surface area contributed by atoms with Gasteiger partial charge in [0, 0.05) is 23.6 Å². The number of rotatable bonds is 5. The van der Waals surface area contributed by atoms with Crippen molar-refractivity contribution in [3.05, 3.63) is 71.1 Å². The predicted molar refractivity (Wildman–Crippen MR) is 108 cm³/mol. The first-order valence-corrected chi connectivity index (χ1v) is 9.42. The fourth-order valence-electron chi connectivity index (χ4n) is 2.69. The summed E-state index contributed by atoms with van der Waals surface area (Å²) < 4.78 is 5.42. The lowest BCUT2D eigenvalue weighted by molar-refractivity contribution is -0.115. The van der Waals surface area contributed by atoms with E-state index < -0.39 is 0 Å². The van der Waals surface area contributed by atoms with Gasteiger partial charge in [0.05, 0.1) is 12.1 Å². The van der Waals surface area contributed by atoms with Crippen molar-refractivity contribution in [2.24, 2.45) is 0 Å². The first kappa shape index (κ1) is 17.9. The lowest BCUT2D eigenvalue weighted by atomic mass is 10.2. The molecule has 0 atom stereocenters. The van der Waals surface area contributed by atoms with Gasteiger partial charge >= 0.3 is 0 Å². The third-order valence-electron chi connectivity index (χ3n) is 3.93. The van der Waals surface area contributed by atoms with E-state index in [0.29, 0.717) is 39.1 Å². The summed E-state index contributed by atoms with van der Waals surface area (Å²) >= 11 is 1.28. The zero-order chi connectivity index (χ0) is 19.5. The molecule has 0 aliphatic heterocycles. The van der Waals surface area contributed by atoms with Crippen LogP contribution >= 0.6 is 11.3 Å². The molecule has 0 aliphatic rings. The fraction of sp³-hybridized carbons (Fsp3) is 0.100. The van der Waals surface area contributed by atoms with Gasteiger partial charge in [-0.15, -0.1) is 11.3 Å². The van der Waals surface area contributed by atoms with E-state index in [9.17, 15) is 9.59 Å². The molecule has 8 heteroatoms. The normalized spacial score (nSPS) is 10.8. The van der Waals surface area contributed by atoms with Crippen LogP contribution in [0.25, 0.3) is 11.1 Å². The predicted octanol–water partition coefficient (Wildman–Crippen LogP) is 4.03. The maximum Gasteiger partial charge on any atom is 0.257 e. The van der Waals surface area contributed by atoms with E-state index in [1.807, 2.05) is 6.07 Å². The number of nitrogens with zero attached hydrogens (tertiary/aromatic N) is 2. The summed E-state index contributed by atoms with van der Waals surface area (Å²) in [5.74, 6) is 0.138. The quantitative estimate of drug-likeness (QED) is 0.534. The summed E-state index contributed by atoms with van der Waals surface area (Å²) in [6, 6.07) is 14.2. The second-order valence-electron chi connectivity index (χ2n) is 6.10. The van der Waals surface area contributed by atoms with Crippen LogP contribution in [0.15, 0.2) is 58.3 Å². The van der Waals surface area contributed by atoms with Crippen LogP contribution in [0.5, 0.6) is 0 Å². The van der Waals surface area contributed by atoms with E-state index in [1.54, 1.807) is 54.8 Å². The van der Waals surface area contributed by atoms with Gasteiger partial charge in [-0.1, -0.05) is 18.2 Å². The first-order valence-electron chi connectivity index (χ1n) is 8.55. The Hall–Kier alpha value is -3.52. The highest BCUT2D eigenvalue weighted by atomic mass is 32.1. The minimum absolute atomic E-state index is 0.105. The summed E-state index contributed by atoms with van der Waals surface area (Å²) in [7, 11) is 0. The number of thiazole rings is 1. The molecule has 0 fully saturated rings. The molecule has 0 saturated heterocycles. The second kappa shape index (κ2) is 7.61. The third kappa shape index (κ3) is 4.07. The highest BCUT2D eigenvalue weighted by molar-refractivity contribution is 7.14. The Morgan fingerprint density at radius 1 is 1.07 bits per heavy atom. The summed E-state index contributed by atoms with van der Waals surface area (Å²) in [6.45, 7) is 1.77. The van der Waals surface area contributed by atoms with Gasteiger partial charge in [-0.2, -0.15) is 0 Å². The van der Waals surface area contributed by atoms with Crippen LogP contribution in [-0.2, 0) is 11.2 Å². The number of amides is 2. The minimum Gasteiger partial charge on any atom is -0.441 e. The number of nitrogens with one attached hydrogen (secondary N) is 2. The molecule has 0 bridgehead atoms. The van der Waals surface area contributed by atoms with Crippen molar-refractivity contribution in [3.8, 4) is 0 Å². The van der Waals surface area contributed by atoms with Crippen LogP contribution in [0, 0.1) is 6.92 Å². The van der Waals surface area contributed by atoms with Gasteiger partial charge in [-0.3, -0.25) is 14.9 Å². The average molecular weight is 392 g/mol. The number of anilines is 2. The van der Waals surface area contributed by atoms with Crippen molar-refractivity contribution >= 4 is 45.1 Å². The molecule has 0 unspecified atom stereocenters. The molecule has 4 rings (SSSR count). The molecule has 28 heavy (non-hydrogen) atoms. The summed E-state index contributed by atoms with van der Waals surface area (Å²) in [6.07, 6.45) is 0.105. The van der Waals surface area contributed by atoms with Gasteiger partial charge in [-0.25, -0.2) is 9.97 Å². The molecule has 7 nitrogen and oxygen atoms in total. The number of fused-ring (bicyclic) bond motifs is 1. The highest BCUT2D eigenvalue weighted by Crippen LogP contribution is 2.21. The van der Waals surface area contributed by atoms with Crippen LogP contribution in [0.4, 0.5) is 10.8 Å². The summed E-state index contributed by atoms with van der Waals surface area (Å²) in [4.78, 5) is 33.0. The molecule has 140 valence electrons. The van der Waals surface area contributed by atoms with Gasteiger partial charge in [0.25, 0.3) is 5.91 Å². The fourth-order valence-corrected chi connectivity index (χ4v) is 3.40. The third-order valence-corrected chi connectivity index (χ3v) is 4.73. The number of benzene rings is 2. The largest absolute Gasteiger partial charge is 0.441 e. The Labute approximate surface area is 164 Å². The first-order chi connectivity index (χ1) is 13.6. The number of aromatic nitrogens is 2. The van der Waals surface area contributed by atoms with Crippen LogP contribution in [0.3, 0.4) is 0 Å². The monoisotopic (exact) mass is 392 g/mol. The molecule has 2 heterocycles. The van der Waals surface area contributed by atoms with Crippen LogP contribution in [-0.4, -0.2) is 21.8 Å². The Morgan fingerprint density at radius 3 is 2.71 bits per heavy atom. The SMILES string of the molecule is Cc1nc2cc(NC(=O)Cc3csc(NC(=O)c4ccccc4)n3)ccc2o1. The zero-order valence-electron chi connectivity index (χ0n) is 14.9. The standard InChI is InChI=1S/C20H16N4O3S/c1-12-21-16-9-14(7-8-17(16)27-12)22-18(25)10-15-11-28-20(23-15)24-19(26)13-5-3-2-4-6-13/h2-9,11H,10H2,1H3,(H,22,25)(H,23,24,26). The van der Waals surface area contributed by atoms with Crippen LogP contribution < -0.4 is 10.6 Å². The Bertz CT molecular complexity index is 1150. The number of carbonyl (C=O) groups excluding carboxylic acids is 2. The van der Waals surface area contributed by atoms with E-state index >= 15 is 0 Å². The molecule has 4 aromatic rings.